The lowest BCUT2D eigenvalue weighted by molar-refractivity contribution is -0.0760. The second kappa shape index (κ2) is 6.18. The molecule has 2 heterocycles. The lowest BCUT2D eigenvalue weighted by Crippen LogP contribution is -2.38. The SMILES string of the molecule is CON(C)C(=O)c1ncc(Cl)cc1N1CCOCC1. The number of anilines is 1. The summed E-state index contributed by atoms with van der Waals surface area (Å²) in [6.07, 6.45) is 1.46. The number of hydroxylamine groups is 2. The Hall–Kier alpha value is -1.37. The smallest absolute Gasteiger partial charge is 0.297 e. The van der Waals surface area contributed by atoms with Gasteiger partial charge in [-0.1, -0.05) is 11.6 Å². The number of rotatable bonds is 3. The molecule has 0 N–H and O–H groups in total. The fraction of sp³-hybridized carbons (Fsp3) is 0.500. The van der Waals surface area contributed by atoms with Crippen LogP contribution >= 0.6 is 11.6 Å². The van der Waals surface area contributed by atoms with E-state index in [0.29, 0.717) is 42.7 Å². The van der Waals surface area contributed by atoms with Gasteiger partial charge in [-0.15, -0.1) is 0 Å². The van der Waals surface area contributed by atoms with Crippen LogP contribution in [0, 0.1) is 0 Å². The quantitative estimate of drug-likeness (QED) is 0.781. The summed E-state index contributed by atoms with van der Waals surface area (Å²) in [5, 5.41) is 1.64. The second-order valence-corrected chi connectivity index (χ2v) is 4.54. The zero-order valence-corrected chi connectivity index (χ0v) is 11.7. The maximum atomic E-state index is 12.2. The van der Waals surface area contributed by atoms with Crippen molar-refractivity contribution in [2.45, 2.75) is 0 Å². The van der Waals surface area contributed by atoms with Crippen molar-refractivity contribution in [3.05, 3.63) is 23.0 Å². The van der Waals surface area contributed by atoms with Gasteiger partial charge in [-0.25, -0.2) is 10.0 Å². The van der Waals surface area contributed by atoms with Crippen LogP contribution in [0.5, 0.6) is 0 Å². The fourth-order valence-electron chi connectivity index (χ4n) is 1.87. The number of ether oxygens (including phenoxy) is 1. The maximum Gasteiger partial charge on any atom is 0.297 e. The van der Waals surface area contributed by atoms with Crippen molar-refractivity contribution in [3.63, 3.8) is 0 Å². The van der Waals surface area contributed by atoms with Crippen molar-refractivity contribution in [2.24, 2.45) is 0 Å². The lowest BCUT2D eigenvalue weighted by atomic mass is 10.2. The predicted molar refractivity (Wildman–Crippen MR) is 71.4 cm³/mol. The van der Waals surface area contributed by atoms with Crippen molar-refractivity contribution in [1.29, 1.82) is 0 Å². The Morgan fingerprint density at radius 2 is 2.21 bits per heavy atom. The average Bonchev–Trinajstić information content (AvgIpc) is 2.46. The van der Waals surface area contributed by atoms with Gasteiger partial charge in [0.15, 0.2) is 5.69 Å². The molecule has 0 bridgehead atoms. The number of carbonyl (C=O) groups is 1. The Labute approximate surface area is 116 Å². The Balaban J connectivity index is 2.34. The molecule has 0 aromatic carbocycles. The molecule has 19 heavy (non-hydrogen) atoms. The highest BCUT2D eigenvalue weighted by atomic mass is 35.5. The molecule has 0 atom stereocenters. The van der Waals surface area contributed by atoms with Crippen LogP contribution in [0.2, 0.25) is 5.02 Å². The molecule has 0 saturated carbocycles. The minimum absolute atomic E-state index is 0.305. The third-order valence-corrected chi connectivity index (χ3v) is 3.16. The summed E-state index contributed by atoms with van der Waals surface area (Å²) in [7, 11) is 2.98. The van der Waals surface area contributed by atoms with E-state index in [-0.39, 0.29) is 5.91 Å². The molecule has 1 aromatic rings. The van der Waals surface area contributed by atoms with E-state index in [4.69, 9.17) is 21.2 Å². The van der Waals surface area contributed by atoms with Gasteiger partial charge in [-0.3, -0.25) is 9.63 Å². The molecule has 0 unspecified atom stereocenters. The summed E-state index contributed by atoms with van der Waals surface area (Å²) in [5.41, 5.74) is 1.04. The molecule has 1 fully saturated rings. The summed E-state index contributed by atoms with van der Waals surface area (Å²) in [4.78, 5) is 23.3. The van der Waals surface area contributed by atoms with E-state index in [1.54, 1.807) is 13.1 Å². The number of hydrogen-bond donors (Lipinski definition) is 0. The molecule has 2 rings (SSSR count). The molecule has 0 spiro atoms. The monoisotopic (exact) mass is 285 g/mol. The summed E-state index contributed by atoms with van der Waals surface area (Å²) >= 11 is 5.98. The van der Waals surface area contributed by atoms with Gasteiger partial charge in [0.1, 0.15) is 0 Å². The van der Waals surface area contributed by atoms with Gasteiger partial charge in [0, 0.05) is 26.3 Å². The first kappa shape index (κ1) is 14.0. The van der Waals surface area contributed by atoms with Crippen molar-refractivity contribution in [1.82, 2.24) is 10.0 Å². The van der Waals surface area contributed by atoms with Crippen LogP contribution in [0.1, 0.15) is 10.5 Å². The van der Waals surface area contributed by atoms with Crippen LogP contribution in [-0.4, -0.2) is 56.4 Å². The molecule has 1 amide bonds. The first-order chi connectivity index (χ1) is 9.13. The Bertz CT molecular complexity index is 464. The molecule has 1 saturated heterocycles. The van der Waals surface area contributed by atoms with E-state index in [9.17, 15) is 4.79 Å². The third-order valence-electron chi connectivity index (χ3n) is 2.95. The highest BCUT2D eigenvalue weighted by Crippen LogP contribution is 2.24. The highest BCUT2D eigenvalue weighted by molar-refractivity contribution is 6.30. The molecule has 6 nitrogen and oxygen atoms in total. The number of halogens is 1. The van der Waals surface area contributed by atoms with Crippen LogP contribution in [-0.2, 0) is 9.57 Å². The van der Waals surface area contributed by atoms with Crippen LogP contribution in [0.15, 0.2) is 12.3 Å². The summed E-state index contributed by atoms with van der Waals surface area (Å²) in [6, 6.07) is 1.75. The number of pyridine rings is 1. The minimum atomic E-state index is -0.305. The van der Waals surface area contributed by atoms with Crippen molar-refractivity contribution >= 4 is 23.2 Å². The first-order valence-electron chi connectivity index (χ1n) is 5.94. The Morgan fingerprint density at radius 3 is 2.84 bits per heavy atom. The number of morpholine rings is 1. The van der Waals surface area contributed by atoms with Crippen LogP contribution in [0.3, 0.4) is 0 Å². The summed E-state index contributed by atoms with van der Waals surface area (Å²) in [6.45, 7) is 2.67. The standard InChI is InChI=1S/C12H16ClN3O3/c1-15(18-2)12(17)11-10(7-9(13)8-14-11)16-3-5-19-6-4-16/h7-8H,3-6H2,1-2H3. The number of nitrogens with zero attached hydrogens (tertiary/aromatic N) is 3. The number of hydrogen-bond acceptors (Lipinski definition) is 5. The highest BCUT2D eigenvalue weighted by Gasteiger charge is 2.23. The van der Waals surface area contributed by atoms with Crippen molar-refractivity contribution in [3.8, 4) is 0 Å². The molecule has 7 heteroatoms. The topological polar surface area (TPSA) is 54.9 Å². The van der Waals surface area contributed by atoms with E-state index in [1.165, 1.54) is 13.3 Å². The predicted octanol–water partition coefficient (Wildman–Crippen LogP) is 1.21. The molecule has 104 valence electrons. The van der Waals surface area contributed by atoms with E-state index >= 15 is 0 Å². The third kappa shape index (κ3) is 3.15. The van der Waals surface area contributed by atoms with Crippen LogP contribution in [0.25, 0.3) is 0 Å². The van der Waals surface area contributed by atoms with Gasteiger partial charge in [0.05, 0.1) is 31.0 Å². The first-order valence-corrected chi connectivity index (χ1v) is 6.31. The van der Waals surface area contributed by atoms with Gasteiger partial charge in [0.25, 0.3) is 5.91 Å². The molecule has 1 aliphatic heterocycles. The second-order valence-electron chi connectivity index (χ2n) is 4.11. The zero-order valence-electron chi connectivity index (χ0n) is 10.9. The summed E-state index contributed by atoms with van der Waals surface area (Å²) < 4.78 is 5.31. The van der Waals surface area contributed by atoms with Crippen molar-refractivity contribution in [2.75, 3.05) is 45.4 Å². The van der Waals surface area contributed by atoms with Gasteiger partial charge in [-0.2, -0.15) is 0 Å². The molecular formula is C12H16ClN3O3. The molecule has 0 radical (unpaired) electrons. The van der Waals surface area contributed by atoms with Gasteiger partial charge < -0.3 is 9.64 Å². The minimum Gasteiger partial charge on any atom is -0.378 e. The van der Waals surface area contributed by atoms with Gasteiger partial charge >= 0.3 is 0 Å². The van der Waals surface area contributed by atoms with Crippen molar-refractivity contribution < 1.29 is 14.4 Å². The van der Waals surface area contributed by atoms with E-state index < -0.39 is 0 Å². The number of carbonyl (C=O) groups excluding carboxylic acids is 1. The van der Waals surface area contributed by atoms with E-state index in [2.05, 4.69) is 4.98 Å². The van der Waals surface area contributed by atoms with Gasteiger partial charge in [0.2, 0.25) is 0 Å². The number of amides is 1. The lowest BCUT2D eigenvalue weighted by Gasteiger charge is -2.30. The van der Waals surface area contributed by atoms with Gasteiger partial charge in [-0.05, 0) is 6.07 Å². The van der Waals surface area contributed by atoms with E-state index in [1.807, 2.05) is 4.90 Å². The molecular weight excluding hydrogens is 270 g/mol. The molecule has 1 aromatic heterocycles. The summed E-state index contributed by atoms with van der Waals surface area (Å²) in [5.74, 6) is -0.305. The molecule has 1 aliphatic rings. The van der Waals surface area contributed by atoms with Crippen LogP contribution in [0.4, 0.5) is 5.69 Å². The number of aromatic nitrogens is 1. The zero-order chi connectivity index (χ0) is 13.8. The maximum absolute atomic E-state index is 12.2. The van der Waals surface area contributed by atoms with Crippen LogP contribution < -0.4 is 4.90 Å². The Morgan fingerprint density at radius 1 is 1.53 bits per heavy atom. The van der Waals surface area contributed by atoms with E-state index in [0.717, 1.165) is 5.06 Å². The fourth-order valence-corrected chi connectivity index (χ4v) is 2.02. The molecule has 0 aliphatic carbocycles. The Kier molecular flexibility index (Phi) is 4.57. The normalized spacial score (nSPS) is 15.4. The average molecular weight is 286 g/mol. The largest absolute Gasteiger partial charge is 0.378 e.